The van der Waals surface area contributed by atoms with Crippen LogP contribution in [-0.2, 0) is 16.1 Å². The molecule has 5 rings (SSSR count). The van der Waals surface area contributed by atoms with E-state index in [1.165, 1.54) is 7.11 Å². The number of aromatic nitrogens is 4. The summed E-state index contributed by atoms with van der Waals surface area (Å²) in [7, 11) is 1.27. The number of amides is 1. The molecular weight excluding hydrogens is 489 g/mol. The van der Waals surface area contributed by atoms with Gasteiger partial charge in [0.15, 0.2) is 5.82 Å². The molecule has 3 aromatic heterocycles. The lowest BCUT2D eigenvalue weighted by Crippen LogP contribution is -2.36. The van der Waals surface area contributed by atoms with E-state index in [1.807, 2.05) is 25.3 Å². The van der Waals surface area contributed by atoms with Crippen LogP contribution in [0.1, 0.15) is 35.8 Å². The third-order valence-electron chi connectivity index (χ3n) is 6.59. The minimum atomic E-state index is -0.602. The average molecular weight is 518 g/mol. The fourth-order valence-corrected chi connectivity index (χ4v) is 4.75. The topological polar surface area (TPSA) is 102 Å². The number of hydrogen-bond donors (Lipinski definition) is 1. The number of benzene rings is 1. The number of nitrogens with one attached hydrogen (secondary N) is 1. The van der Waals surface area contributed by atoms with Gasteiger partial charge < -0.3 is 19.4 Å². The molecule has 4 heterocycles. The van der Waals surface area contributed by atoms with Crippen LogP contribution in [0.4, 0.5) is 4.39 Å². The van der Waals surface area contributed by atoms with Crippen LogP contribution >= 0.6 is 0 Å². The summed E-state index contributed by atoms with van der Waals surface area (Å²) in [6, 6.07) is 6.89. The monoisotopic (exact) mass is 517 g/mol. The van der Waals surface area contributed by atoms with E-state index in [0.29, 0.717) is 65.9 Å². The molecule has 1 amide bonds. The van der Waals surface area contributed by atoms with Gasteiger partial charge in [-0.15, -0.1) is 0 Å². The van der Waals surface area contributed by atoms with Crippen molar-refractivity contribution < 1.29 is 23.5 Å². The number of carbonyl (C=O) groups is 2. The minimum absolute atomic E-state index is 0.0217. The summed E-state index contributed by atoms with van der Waals surface area (Å²) < 4.78 is 28.5. The Bertz CT molecular complexity index is 1510. The van der Waals surface area contributed by atoms with E-state index in [-0.39, 0.29) is 23.7 Å². The van der Waals surface area contributed by atoms with Gasteiger partial charge in [0.05, 0.1) is 19.2 Å². The van der Waals surface area contributed by atoms with Gasteiger partial charge in [0, 0.05) is 67.4 Å². The molecule has 0 fully saturated rings. The number of halogens is 1. The lowest BCUT2D eigenvalue weighted by atomic mass is 9.93. The lowest BCUT2D eigenvalue weighted by molar-refractivity contribution is -0.131. The number of aromatic amines is 1. The van der Waals surface area contributed by atoms with Crippen molar-refractivity contribution in [2.24, 2.45) is 0 Å². The van der Waals surface area contributed by atoms with E-state index < -0.39 is 11.8 Å². The second-order valence-corrected chi connectivity index (χ2v) is 8.91. The Balaban J connectivity index is 1.55. The first-order chi connectivity index (χ1) is 18.5. The van der Waals surface area contributed by atoms with Crippen molar-refractivity contribution in [1.82, 2.24) is 24.6 Å². The Kier molecular flexibility index (Phi) is 7.21. The van der Waals surface area contributed by atoms with E-state index in [9.17, 15) is 9.59 Å². The first-order valence-electron chi connectivity index (χ1n) is 12.5. The summed E-state index contributed by atoms with van der Waals surface area (Å²) in [4.78, 5) is 34.2. The number of H-pyrrole nitrogens is 1. The first-order valence-corrected chi connectivity index (χ1v) is 12.5. The highest BCUT2D eigenvalue weighted by atomic mass is 19.1. The van der Waals surface area contributed by atoms with Gasteiger partial charge in [-0.25, -0.2) is 9.18 Å². The summed E-state index contributed by atoms with van der Waals surface area (Å²) in [5.41, 5.74) is 2.67. The fraction of sp³-hybridized carbons (Fsp3) is 0.286. The Morgan fingerprint density at radius 1 is 1.18 bits per heavy atom. The second kappa shape index (κ2) is 10.9. The zero-order valence-electron chi connectivity index (χ0n) is 21.2. The average Bonchev–Trinajstić information content (AvgIpc) is 3.63. The molecule has 10 heteroatoms. The summed E-state index contributed by atoms with van der Waals surface area (Å²) >= 11 is 0. The lowest BCUT2D eigenvalue weighted by Gasteiger charge is -2.28. The Hall–Kier alpha value is -4.47. The van der Waals surface area contributed by atoms with Gasteiger partial charge in [0.25, 0.3) is 0 Å². The van der Waals surface area contributed by atoms with E-state index in [2.05, 4.69) is 15.1 Å². The van der Waals surface area contributed by atoms with Crippen molar-refractivity contribution in [3.05, 3.63) is 72.2 Å². The molecule has 4 aromatic rings. The SMILES string of the molecule is CCOc1ccncc1-c1cc(C2=CCCN(C(=O)CCn3cccn3)C2)c(F)c2[nH]c(C(=O)OC)cc12. The minimum Gasteiger partial charge on any atom is -0.493 e. The van der Waals surface area contributed by atoms with Gasteiger partial charge in [-0.05, 0) is 48.7 Å². The number of carbonyl (C=O) groups excluding carboxylic acids is 2. The molecule has 0 saturated heterocycles. The molecule has 1 aromatic carbocycles. The van der Waals surface area contributed by atoms with Gasteiger partial charge >= 0.3 is 5.97 Å². The Morgan fingerprint density at radius 3 is 2.82 bits per heavy atom. The number of ether oxygens (including phenoxy) is 2. The highest BCUT2D eigenvalue weighted by Crippen LogP contribution is 2.39. The summed E-state index contributed by atoms with van der Waals surface area (Å²) in [6.45, 7) is 3.63. The quantitative estimate of drug-likeness (QED) is 0.346. The van der Waals surface area contributed by atoms with E-state index in [0.717, 1.165) is 0 Å². The summed E-state index contributed by atoms with van der Waals surface area (Å²) in [5, 5.41) is 4.65. The number of rotatable bonds is 8. The maximum absolute atomic E-state index is 16.1. The van der Waals surface area contributed by atoms with Crippen LogP contribution in [-0.4, -0.2) is 63.3 Å². The molecule has 9 nitrogen and oxygen atoms in total. The number of nitrogens with zero attached hydrogens (tertiary/aromatic N) is 4. The molecule has 1 aliphatic rings. The number of esters is 1. The van der Waals surface area contributed by atoms with Crippen LogP contribution in [0, 0.1) is 5.82 Å². The molecule has 196 valence electrons. The van der Waals surface area contributed by atoms with E-state index >= 15 is 4.39 Å². The molecule has 0 atom stereocenters. The fourth-order valence-electron chi connectivity index (χ4n) is 4.75. The van der Waals surface area contributed by atoms with Gasteiger partial charge in [0.1, 0.15) is 11.4 Å². The Morgan fingerprint density at radius 2 is 2.05 bits per heavy atom. The maximum Gasteiger partial charge on any atom is 0.354 e. The third kappa shape index (κ3) is 4.89. The van der Waals surface area contributed by atoms with Crippen LogP contribution in [0.2, 0.25) is 0 Å². The number of fused-ring (bicyclic) bond motifs is 1. The molecule has 0 unspecified atom stereocenters. The van der Waals surface area contributed by atoms with Gasteiger partial charge in [-0.3, -0.25) is 14.5 Å². The highest BCUT2D eigenvalue weighted by Gasteiger charge is 2.25. The molecule has 1 aliphatic heterocycles. The second-order valence-electron chi connectivity index (χ2n) is 8.91. The summed E-state index contributed by atoms with van der Waals surface area (Å²) in [6.07, 6.45) is 9.64. The van der Waals surface area contributed by atoms with E-state index in [4.69, 9.17) is 9.47 Å². The largest absolute Gasteiger partial charge is 0.493 e. The molecule has 0 aliphatic carbocycles. The van der Waals surface area contributed by atoms with Crippen molar-refractivity contribution in [3.63, 3.8) is 0 Å². The maximum atomic E-state index is 16.1. The van der Waals surface area contributed by atoms with Crippen LogP contribution in [0.25, 0.3) is 27.6 Å². The number of aryl methyl sites for hydroxylation is 1. The zero-order valence-corrected chi connectivity index (χ0v) is 21.2. The smallest absolute Gasteiger partial charge is 0.354 e. The first kappa shape index (κ1) is 25.2. The van der Waals surface area contributed by atoms with Gasteiger partial charge in [-0.2, -0.15) is 5.10 Å². The molecule has 0 saturated carbocycles. The zero-order chi connectivity index (χ0) is 26.6. The van der Waals surface area contributed by atoms with E-state index in [1.54, 1.807) is 46.4 Å². The molecule has 1 N–H and O–H groups in total. The predicted octanol–water partition coefficient (Wildman–Crippen LogP) is 4.46. The molecule has 0 spiro atoms. The number of hydrogen-bond acceptors (Lipinski definition) is 6. The standard InChI is InChI=1S/C28H28FN5O4/c1-3-38-24-7-10-30-16-22(24)20-14-19(26(29)27-21(20)15-23(32-27)28(36)37-2)18-6-4-11-33(17-18)25(35)8-13-34-12-5-9-31-34/h5-7,9-10,12,14-16,32H,3-4,8,11,13,17H2,1-2H3. The number of methoxy groups -OCH3 is 1. The van der Waals surface area contributed by atoms with Crippen LogP contribution in [0.5, 0.6) is 5.75 Å². The van der Waals surface area contributed by atoms with Crippen molar-refractivity contribution in [3.8, 4) is 16.9 Å². The van der Waals surface area contributed by atoms with Crippen molar-refractivity contribution >= 4 is 28.4 Å². The summed E-state index contributed by atoms with van der Waals surface area (Å²) in [5.74, 6) is -0.533. The van der Waals surface area contributed by atoms with Crippen LogP contribution in [0.15, 0.2) is 55.1 Å². The third-order valence-corrected chi connectivity index (χ3v) is 6.59. The molecule has 38 heavy (non-hydrogen) atoms. The van der Waals surface area contributed by atoms with Gasteiger partial charge in [-0.1, -0.05) is 6.08 Å². The molecule has 0 bridgehead atoms. The van der Waals surface area contributed by atoms with Crippen molar-refractivity contribution in [2.75, 3.05) is 26.8 Å². The van der Waals surface area contributed by atoms with Gasteiger partial charge in [0.2, 0.25) is 5.91 Å². The predicted molar refractivity (Wildman–Crippen MR) is 140 cm³/mol. The van der Waals surface area contributed by atoms with Crippen LogP contribution < -0.4 is 4.74 Å². The van der Waals surface area contributed by atoms with Crippen molar-refractivity contribution in [1.29, 1.82) is 0 Å². The molecular formula is C28H28FN5O4. The number of pyridine rings is 1. The Labute approximate surface area is 218 Å². The highest BCUT2D eigenvalue weighted by molar-refractivity contribution is 6.04. The van der Waals surface area contributed by atoms with Crippen molar-refractivity contribution in [2.45, 2.75) is 26.3 Å². The van der Waals surface area contributed by atoms with Crippen LogP contribution in [0.3, 0.4) is 0 Å². The normalized spacial score (nSPS) is 13.4. The molecule has 0 radical (unpaired) electrons.